The summed E-state index contributed by atoms with van der Waals surface area (Å²) in [4.78, 5) is 0. The molecular formula is C13H26O4. The third-order valence-corrected chi connectivity index (χ3v) is 3.34. The second-order valence-electron chi connectivity index (χ2n) is 4.20. The summed E-state index contributed by atoms with van der Waals surface area (Å²) in [7, 11) is 1.74. The van der Waals surface area contributed by atoms with Gasteiger partial charge in [0.15, 0.2) is 0 Å². The Hall–Kier alpha value is -0.420. The lowest BCUT2D eigenvalue weighted by Gasteiger charge is -2.35. The number of hydrogen-bond acceptors (Lipinski definition) is 3. The molecule has 4 heteroatoms. The largest absolute Gasteiger partial charge is 0.412 e. The minimum absolute atomic E-state index is 0. The van der Waals surface area contributed by atoms with E-state index < -0.39 is 0 Å². The fraction of sp³-hybridized carbons (Fsp3) is 0.846. The van der Waals surface area contributed by atoms with Crippen LogP contribution < -0.4 is 0 Å². The number of hydrogen-bond donors (Lipinski definition) is 0. The third-order valence-electron chi connectivity index (χ3n) is 3.34. The molecule has 0 radical (unpaired) electrons. The van der Waals surface area contributed by atoms with Crippen LogP contribution in [0.2, 0.25) is 0 Å². The molecule has 2 rings (SSSR count). The van der Waals surface area contributed by atoms with Gasteiger partial charge >= 0.3 is 0 Å². The van der Waals surface area contributed by atoms with Crippen molar-refractivity contribution in [3.05, 3.63) is 12.2 Å². The van der Waals surface area contributed by atoms with E-state index in [0.717, 1.165) is 25.0 Å². The van der Waals surface area contributed by atoms with Crippen molar-refractivity contribution >= 4 is 0 Å². The maximum absolute atomic E-state index is 6.00. The molecule has 17 heavy (non-hydrogen) atoms. The van der Waals surface area contributed by atoms with Crippen LogP contribution in [0.3, 0.4) is 0 Å². The monoisotopic (exact) mass is 246 g/mol. The summed E-state index contributed by atoms with van der Waals surface area (Å²) >= 11 is 0. The van der Waals surface area contributed by atoms with Gasteiger partial charge in [0.05, 0.1) is 31.0 Å². The second kappa shape index (κ2) is 7.11. The van der Waals surface area contributed by atoms with Crippen molar-refractivity contribution in [2.75, 3.05) is 20.3 Å². The van der Waals surface area contributed by atoms with Gasteiger partial charge in [0.1, 0.15) is 0 Å². The average Bonchev–Trinajstić information content (AvgIpc) is 2.63. The molecule has 2 saturated heterocycles. The molecule has 102 valence electrons. The zero-order chi connectivity index (χ0) is 12.2. The van der Waals surface area contributed by atoms with E-state index in [1.165, 1.54) is 0 Å². The summed E-state index contributed by atoms with van der Waals surface area (Å²) in [6, 6.07) is 0. The van der Waals surface area contributed by atoms with Crippen molar-refractivity contribution in [1.29, 1.82) is 0 Å². The average molecular weight is 246 g/mol. The molecule has 2 aliphatic rings. The normalized spacial score (nSPS) is 36.1. The summed E-state index contributed by atoms with van der Waals surface area (Å²) in [5.41, 5.74) is 0.897. The molecule has 2 unspecified atom stereocenters. The summed E-state index contributed by atoms with van der Waals surface area (Å²) in [6.45, 7) is 11.5. The number of methoxy groups -OCH3 is 1. The summed E-state index contributed by atoms with van der Waals surface area (Å²) < 4.78 is 16.7. The van der Waals surface area contributed by atoms with Crippen molar-refractivity contribution < 1.29 is 19.7 Å². The molecular weight excluding hydrogens is 220 g/mol. The highest BCUT2D eigenvalue weighted by Gasteiger charge is 2.47. The van der Waals surface area contributed by atoms with E-state index >= 15 is 0 Å². The van der Waals surface area contributed by atoms with E-state index in [9.17, 15) is 0 Å². The minimum atomic E-state index is -0.168. The van der Waals surface area contributed by atoms with Gasteiger partial charge in [-0.1, -0.05) is 20.4 Å². The predicted molar refractivity (Wildman–Crippen MR) is 68.2 cm³/mol. The smallest absolute Gasteiger partial charge is 0.0963 e. The van der Waals surface area contributed by atoms with Gasteiger partial charge in [0, 0.05) is 20.0 Å². The van der Waals surface area contributed by atoms with Gasteiger partial charge in [-0.25, -0.2) is 0 Å². The van der Waals surface area contributed by atoms with E-state index in [1.807, 2.05) is 13.8 Å². The van der Waals surface area contributed by atoms with Crippen molar-refractivity contribution in [1.82, 2.24) is 0 Å². The summed E-state index contributed by atoms with van der Waals surface area (Å²) in [6.07, 6.45) is 2.20. The highest BCUT2D eigenvalue weighted by molar-refractivity contribution is 5.19. The lowest BCUT2D eigenvalue weighted by molar-refractivity contribution is -0.0663. The highest BCUT2D eigenvalue weighted by Crippen LogP contribution is 2.41. The maximum atomic E-state index is 6.00. The van der Waals surface area contributed by atoms with E-state index in [0.29, 0.717) is 6.61 Å². The highest BCUT2D eigenvalue weighted by atomic mass is 16.6. The molecule has 2 heterocycles. The summed E-state index contributed by atoms with van der Waals surface area (Å²) in [5, 5.41) is 0. The molecule has 0 aliphatic carbocycles. The van der Waals surface area contributed by atoms with E-state index in [4.69, 9.17) is 14.2 Å². The fourth-order valence-corrected chi connectivity index (χ4v) is 2.38. The van der Waals surface area contributed by atoms with Crippen LogP contribution in [0, 0.1) is 0 Å². The van der Waals surface area contributed by atoms with Crippen molar-refractivity contribution in [2.24, 2.45) is 0 Å². The van der Waals surface area contributed by atoms with Crippen LogP contribution in [0.25, 0.3) is 0 Å². The van der Waals surface area contributed by atoms with E-state index in [1.54, 1.807) is 7.11 Å². The maximum Gasteiger partial charge on any atom is 0.0963 e. The van der Waals surface area contributed by atoms with Gasteiger partial charge < -0.3 is 19.7 Å². The van der Waals surface area contributed by atoms with Crippen LogP contribution in [0.4, 0.5) is 0 Å². The van der Waals surface area contributed by atoms with E-state index in [-0.39, 0.29) is 23.3 Å². The molecule has 4 nitrogen and oxygen atoms in total. The first-order chi connectivity index (χ1) is 7.68. The van der Waals surface area contributed by atoms with Gasteiger partial charge in [-0.15, -0.1) is 0 Å². The van der Waals surface area contributed by atoms with Gasteiger partial charge in [-0.2, -0.15) is 0 Å². The van der Waals surface area contributed by atoms with Gasteiger partial charge in [0.25, 0.3) is 0 Å². The van der Waals surface area contributed by atoms with Crippen LogP contribution in [0.5, 0.6) is 0 Å². The lowest BCUT2D eigenvalue weighted by atomic mass is 9.86. The second-order valence-corrected chi connectivity index (χ2v) is 4.20. The molecule has 2 N–H and O–H groups in total. The molecule has 0 bridgehead atoms. The first kappa shape index (κ1) is 16.6. The van der Waals surface area contributed by atoms with Gasteiger partial charge in [-0.05, 0) is 12.5 Å². The zero-order valence-corrected chi connectivity index (χ0v) is 11.4. The zero-order valence-electron chi connectivity index (χ0n) is 11.4. The Morgan fingerprint density at radius 2 is 2.06 bits per heavy atom. The Morgan fingerprint density at radius 1 is 1.41 bits per heavy atom. The molecule has 2 aliphatic heterocycles. The van der Waals surface area contributed by atoms with Crippen LogP contribution in [-0.2, 0) is 14.2 Å². The van der Waals surface area contributed by atoms with Gasteiger partial charge in [-0.3, -0.25) is 0 Å². The standard InChI is InChI=1S/C11H18O3.C2H6.H2O/c1-8-7-13-5-4-11(8)6-10(12-3)9(2)14-11;1-2;/h9-10H,1,4-7H2,2-3H3;1-2H3;1H2/t9-,10?,11?;;/m0../s1. The van der Waals surface area contributed by atoms with Gasteiger partial charge in [0.2, 0.25) is 0 Å². The topological polar surface area (TPSA) is 59.2 Å². The first-order valence-electron chi connectivity index (χ1n) is 6.14. The molecule has 0 aromatic rings. The molecule has 0 saturated carbocycles. The molecule has 0 aromatic carbocycles. The Kier molecular flexibility index (Phi) is 6.94. The van der Waals surface area contributed by atoms with Crippen LogP contribution in [0.1, 0.15) is 33.6 Å². The molecule has 0 amide bonds. The molecule has 2 fully saturated rings. The number of rotatable bonds is 1. The molecule has 1 spiro atoms. The van der Waals surface area contributed by atoms with Crippen LogP contribution >= 0.6 is 0 Å². The fourth-order valence-electron chi connectivity index (χ4n) is 2.38. The Morgan fingerprint density at radius 3 is 2.53 bits per heavy atom. The van der Waals surface area contributed by atoms with E-state index in [2.05, 4.69) is 13.5 Å². The minimum Gasteiger partial charge on any atom is -0.412 e. The van der Waals surface area contributed by atoms with Crippen molar-refractivity contribution in [3.63, 3.8) is 0 Å². The van der Waals surface area contributed by atoms with Crippen molar-refractivity contribution in [2.45, 2.75) is 51.4 Å². The summed E-state index contributed by atoms with van der Waals surface area (Å²) in [5.74, 6) is 0. The van der Waals surface area contributed by atoms with Crippen LogP contribution in [-0.4, -0.2) is 43.6 Å². The number of ether oxygens (including phenoxy) is 3. The SMILES string of the molecule is C=C1COCCC12CC(OC)[C@H](C)O2.CC.O. The predicted octanol–water partition coefficient (Wildman–Crippen LogP) is 1.73. The molecule has 3 atom stereocenters. The molecule has 0 aromatic heterocycles. The van der Waals surface area contributed by atoms with Crippen LogP contribution in [0.15, 0.2) is 12.2 Å². The Balaban J connectivity index is 0.000000811. The van der Waals surface area contributed by atoms with Crippen molar-refractivity contribution in [3.8, 4) is 0 Å². The quantitative estimate of drug-likeness (QED) is 0.662. The Bertz CT molecular complexity index is 242. The first-order valence-corrected chi connectivity index (χ1v) is 6.14. The third kappa shape index (κ3) is 3.28. The Labute approximate surface area is 104 Å². The lowest BCUT2D eigenvalue weighted by Crippen LogP contribution is -2.38.